The van der Waals surface area contributed by atoms with Crippen molar-refractivity contribution < 1.29 is 9.53 Å². The summed E-state index contributed by atoms with van der Waals surface area (Å²) >= 11 is 0. The molecule has 2 aliphatic carbocycles. The zero-order valence-corrected chi connectivity index (χ0v) is 17.8. The maximum absolute atomic E-state index is 12.1. The summed E-state index contributed by atoms with van der Waals surface area (Å²) in [5.41, 5.74) is 9.86. The Labute approximate surface area is 180 Å². The van der Waals surface area contributed by atoms with Gasteiger partial charge in [0.2, 0.25) is 5.91 Å². The fraction of sp³-hybridized carbons (Fsp3) is 0.348. The second kappa shape index (κ2) is 7.30. The number of hydrogen-bond acceptors (Lipinski definition) is 6. The van der Waals surface area contributed by atoms with Crippen LogP contribution in [-0.2, 0) is 4.79 Å². The minimum absolute atomic E-state index is 0.0350. The number of pyridine rings is 1. The molecule has 2 heterocycles. The van der Waals surface area contributed by atoms with Crippen LogP contribution in [0.15, 0.2) is 42.6 Å². The Morgan fingerprint density at radius 3 is 2.81 bits per heavy atom. The molecule has 31 heavy (non-hydrogen) atoms. The van der Waals surface area contributed by atoms with Gasteiger partial charge in [0.15, 0.2) is 5.65 Å². The van der Waals surface area contributed by atoms with Crippen LogP contribution in [0, 0.1) is 17.8 Å². The van der Waals surface area contributed by atoms with Crippen molar-refractivity contribution >= 4 is 28.4 Å². The van der Waals surface area contributed by atoms with Crippen molar-refractivity contribution in [3.05, 3.63) is 42.6 Å². The van der Waals surface area contributed by atoms with Gasteiger partial charge in [-0.3, -0.25) is 4.79 Å². The fourth-order valence-corrected chi connectivity index (χ4v) is 4.89. The van der Waals surface area contributed by atoms with E-state index in [2.05, 4.69) is 27.4 Å². The zero-order chi connectivity index (χ0) is 21.7. The number of fused-ring (bicyclic) bond motifs is 3. The molecule has 160 valence electrons. The number of anilines is 2. The molecular formula is C23H26N6O2. The van der Waals surface area contributed by atoms with E-state index in [1.54, 1.807) is 13.3 Å². The maximum atomic E-state index is 12.1. The van der Waals surface area contributed by atoms with Gasteiger partial charge < -0.3 is 25.7 Å². The minimum atomic E-state index is -0.256. The van der Waals surface area contributed by atoms with Crippen molar-refractivity contribution in [1.29, 1.82) is 0 Å². The molecule has 3 aromatic rings. The number of carbonyl (C=O) groups excluding carboxylic acids is 1. The molecule has 2 bridgehead atoms. The van der Waals surface area contributed by atoms with Crippen LogP contribution in [-0.4, -0.2) is 48.1 Å². The highest BCUT2D eigenvalue weighted by Gasteiger charge is 2.47. The molecule has 0 aliphatic heterocycles. The number of benzene rings is 1. The molecule has 0 spiro atoms. The van der Waals surface area contributed by atoms with Gasteiger partial charge in [0.25, 0.3) is 0 Å². The Kier molecular flexibility index (Phi) is 4.57. The number of nitrogens with two attached hydrogens (primary N) is 1. The second-order valence-corrected chi connectivity index (χ2v) is 8.47. The van der Waals surface area contributed by atoms with Gasteiger partial charge in [0.05, 0.1) is 24.3 Å². The van der Waals surface area contributed by atoms with Crippen LogP contribution in [0.25, 0.3) is 22.6 Å². The molecular weight excluding hydrogens is 392 g/mol. The molecule has 0 unspecified atom stereocenters. The third-order valence-electron chi connectivity index (χ3n) is 6.45. The predicted molar refractivity (Wildman–Crippen MR) is 121 cm³/mol. The summed E-state index contributed by atoms with van der Waals surface area (Å²) in [6, 6.07) is 7.85. The van der Waals surface area contributed by atoms with Gasteiger partial charge in [-0.25, -0.2) is 9.97 Å². The lowest BCUT2D eigenvalue weighted by Gasteiger charge is -2.27. The number of carbonyl (C=O) groups is 1. The standard InChI is InChI=1S/C23H26N6O2/c1-29(2)14-6-7-15(17(11-14)31-3)22-27-20-16(8-9-25-23(20)28-22)26-19-13-5-4-12(10-13)18(19)21(24)30/h4-9,11-13,18-19H,10H2,1-3H3,(H2,24,30)(H2,25,26,27,28)/t12-,13+,18+,19-/m1/s1. The Bertz CT molecular complexity index is 1180. The summed E-state index contributed by atoms with van der Waals surface area (Å²) < 4.78 is 5.62. The van der Waals surface area contributed by atoms with Crippen molar-refractivity contribution in [2.24, 2.45) is 23.5 Å². The van der Waals surface area contributed by atoms with Gasteiger partial charge in [-0.05, 0) is 36.5 Å². The molecule has 8 nitrogen and oxygen atoms in total. The molecule has 4 N–H and O–H groups in total. The number of allylic oxidation sites excluding steroid dienone is 1. The molecule has 0 saturated heterocycles. The number of hydrogen-bond donors (Lipinski definition) is 3. The van der Waals surface area contributed by atoms with Gasteiger partial charge in [0, 0.05) is 38.1 Å². The van der Waals surface area contributed by atoms with E-state index in [1.165, 1.54) is 0 Å². The highest BCUT2D eigenvalue weighted by molar-refractivity contribution is 5.89. The van der Waals surface area contributed by atoms with Gasteiger partial charge >= 0.3 is 0 Å². The number of aromatic amines is 1. The van der Waals surface area contributed by atoms with Gasteiger partial charge in [-0.15, -0.1) is 0 Å². The number of rotatable bonds is 6. The molecule has 8 heteroatoms. The average Bonchev–Trinajstić information content (AvgIpc) is 3.47. The molecule has 1 saturated carbocycles. The highest BCUT2D eigenvalue weighted by Crippen LogP contribution is 2.45. The number of aromatic nitrogens is 3. The van der Waals surface area contributed by atoms with E-state index in [9.17, 15) is 4.79 Å². The van der Waals surface area contributed by atoms with Crippen molar-refractivity contribution in [1.82, 2.24) is 15.0 Å². The quantitative estimate of drug-likeness (QED) is 0.531. The van der Waals surface area contributed by atoms with E-state index in [0.717, 1.165) is 34.6 Å². The number of ether oxygens (including phenoxy) is 1. The first kappa shape index (κ1) is 19.4. The maximum Gasteiger partial charge on any atom is 0.223 e. The number of nitrogens with one attached hydrogen (secondary N) is 2. The van der Waals surface area contributed by atoms with Crippen LogP contribution in [0.4, 0.5) is 11.4 Å². The Morgan fingerprint density at radius 2 is 2.06 bits per heavy atom. The van der Waals surface area contributed by atoms with Crippen molar-refractivity contribution in [3.63, 3.8) is 0 Å². The first-order valence-electron chi connectivity index (χ1n) is 10.4. The summed E-state index contributed by atoms with van der Waals surface area (Å²) in [5, 5.41) is 3.55. The largest absolute Gasteiger partial charge is 0.496 e. The lowest BCUT2D eigenvalue weighted by atomic mass is 9.88. The van der Waals surface area contributed by atoms with Crippen LogP contribution in [0.1, 0.15) is 6.42 Å². The Hall–Kier alpha value is -3.55. The Morgan fingerprint density at radius 1 is 1.26 bits per heavy atom. The molecule has 1 aromatic carbocycles. The summed E-state index contributed by atoms with van der Waals surface area (Å²) in [5.74, 6) is 1.45. The fourth-order valence-electron chi connectivity index (χ4n) is 4.89. The number of amides is 1. The van der Waals surface area contributed by atoms with Gasteiger partial charge in [-0.1, -0.05) is 12.2 Å². The highest BCUT2D eigenvalue weighted by atomic mass is 16.5. The topological polar surface area (TPSA) is 109 Å². The normalized spacial score (nSPS) is 24.0. The van der Waals surface area contributed by atoms with E-state index in [1.807, 2.05) is 43.3 Å². The van der Waals surface area contributed by atoms with Crippen LogP contribution in [0.3, 0.4) is 0 Å². The average molecular weight is 419 g/mol. The first-order valence-corrected chi connectivity index (χ1v) is 10.4. The number of nitrogens with zero attached hydrogens (tertiary/aromatic N) is 3. The molecule has 2 aromatic heterocycles. The summed E-state index contributed by atoms with van der Waals surface area (Å²) in [4.78, 5) is 26.7. The van der Waals surface area contributed by atoms with Crippen molar-refractivity contribution in [3.8, 4) is 17.1 Å². The Balaban J connectivity index is 1.52. The molecule has 1 fully saturated rings. The van der Waals surface area contributed by atoms with E-state index >= 15 is 0 Å². The number of methoxy groups -OCH3 is 1. The SMILES string of the molecule is COc1cc(N(C)C)ccc1-c1nc2c(N[C@H]3[C@@H](C(N)=O)[C@@H]4C=C[C@H]3C4)ccnc2[nH]1. The number of imidazole rings is 1. The molecule has 0 radical (unpaired) electrons. The van der Waals surface area contributed by atoms with Gasteiger partial charge in [-0.2, -0.15) is 0 Å². The van der Waals surface area contributed by atoms with E-state index in [0.29, 0.717) is 17.4 Å². The lowest BCUT2D eigenvalue weighted by Crippen LogP contribution is -2.41. The van der Waals surface area contributed by atoms with Gasteiger partial charge in [0.1, 0.15) is 17.1 Å². The summed E-state index contributed by atoms with van der Waals surface area (Å²) in [6.45, 7) is 0. The zero-order valence-electron chi connectivity index (χ0n) is 17.8. The smallest absolute Gasteiger partial charge is 0.223 e. The first-order chi connectivity index (χ1) is 15.0. The molecule has 2 aliphatic rings. The summed E-state index contributed by atoms with van der Waals surface area (Å²) in [7, 11) is 5.63. The molecule has 1 amide bonds. The van der Waals surface area contributed by atoms with Crippen LogP contribution >= 0.6 is 0 Å². The van der Waals surface area contributed by atoms with E-state index in [4.69, 9.17) is 15.5 Å². The number of H-pyrrole nitrogens is 1. The summed E-state index contributed by atoms with van der Waals surface area (Å²) in [6.07, 6.45) is 7.01. The van der Waals surface area contributed by atoms with E-state index < -0.39 is 0 Å². The third-order valence-corrected chi connectivity index (χ3v) is 6.45. The van der Waals surface area contributed by atoms with Crippen molar-refractivity contribution in [2.45, 2.75) is 12.5 Å². The minimum Gasteiger partial charge on any atom is -0.496 e. The van der Waals surface area contributed by atoms with E-state index in [-0.39, 0.29) is 23.8 Å². The second-order valence-electron chi connectivity index (χ2n) is 8.47. The predicted octanol–water partition coefficient (Wildman–Crippen LogP) is 2.79. The monoisotopic (exact) mass is 418 g/mol. The molecule has 4 atom stereocenters. The van der Waals surface area contributed by atoms with Crippen LogP contribution < -0.4 is 20.7 Å². The third kappa shape index (κ3) is 3.19. The number of primary amides is 1. The lowest BCUT2D eigenvalue weighted by molar-refractivity contribution is -0.122. The molecule has 5 rings (SSSR count). The van der Waals surface area contributed by atoms with Crippen LogP contribution in [0.2, 0.25) is 0 Å². The van der Waals surface area contributed by atoms with Crippen molar-refractivity contribution in [2.75, 3.05) is 31.4 Å². The van der Waals surface area contributed by atoms with Crippen LogP contribution in [0.5, 0.6) is 5.75 Å².